The first-order chi connectivity index (χ1) is 16.6. The minimum atomic E-state index is -4.77. The molecular formula is C22H36O10S4. The van der Waals surface area contributed by atoms with Gasteiger partial charge in [-0.05, 0) is 25.7 Å². The Hall–Kier alpha value is -1.32. The maximum absolute atomic E-state index is 13.5. The molecule has 0 saturated heterocycles. The SMILES string of the molecule is CCC=CS(=O)(O)=c1c(S(=O)(=O)CCCC)c(S(=O)(=O)CCCC)c(=O)c(=O)c1=S(=O)(O)CCCC. The van der Waals surface area contributed by atoms with Crippen molar-refractivity contribution >= 4 is 39.3 Å². The van der Waals surface area contributed by atoms with Gasteiger partial charge in [0.1, 0.15) is 24.1 Å². The lowest BCUT2D eigenvalue weighted by Crippen LogP contribution is -2.37. The second-order valence-corrected chi connectivity index (χ2v) is 16.4. The largest absolute Gasteiger partial charge is 0.313 e. The quantitative estimate of drug-likeness (QED) is 0.257. The van der Waals surface area contributed by atoms with Crippen molar-refractivity contribution in [3.05, 3.63) is 41.0 Å². The van der Waals surface area contributed by atoms with Crippen LogP contribution in [0.15, 0.2) is 30.9 Å². The van der Waals surface area contributed by atoms with E-state index in [1.54, 1.807) is 27.7 Å². The number of benzene rings is 1. The van der Waals surface area contributed by atoms with Crippen LogP contribution in [-0.2, 0) is 39.3 Å². The van der Waals surface area contributed by atoms with E-state index in [0.29, 0.717) is 24.7 Å². The molecule has 36 heavy (non-hydrogen) atoms. The average Bonchev–Trinajstić information content (AvgIpc) is 2.79. The van der Waals surface area contributed by atoms with Crippen LogP contribution in [0.3, 0.4) is 0 Å². The Bertz CT molecular complexity index is 1610. The van der Waals surface area contributed by atoms with Gasteiger partial charge in [0.05, 0.1) is 25.8 Å². The molecule has 1 rings (SSSR count). The molecule has 0 spiro atoms. The van der Waals surface area contributed by atoms with Gasteiger partial charge < -0.3 is 9.11 Å². The molecule has 2 unspecified atom stereocenters. The van der Waals surface area contributed by atoms with E-state index in [2.05, 4.69) is 0 Å². The van der Waals surface area contributed by atoms with Gasteiger partial charge in [0.25, 0.3) is 0 Å². The fraction of sp³-hybridized carbons (Fsp3) is 0.636. The number of sulfone groups is 2. The molecule has 208 valence electrons. The van der Waals surface area contributed by atoms with Crippen molar-refractivity contribution in [2.75, 3.05) is 17.3 Å². The van der Waals surface area contributed by atoms with E-state index < -0.39 is 86.2 Å². The van der Waals surface area contributed by atoms with Gasteiger partial charge in [0, 0.05) is 11.2 Å². The Morgan fingerprint density at radius 3 is 1.53 bits per heavy atom. The smallest absolute Gasteiger partial charge is 0.247 e. The Balaban J connectivity index is 4.98. The topological polar surface area (TPSA) is 177 Å². The summed E-state index contributed by atoms with van der Waals surface area (Å²) in [7, 11) is -18.7. The number of allylic oxidation sites excluding steroid dienone is 1. The minimum Gasteiger partial charge on any atom is -0.313 e. The maximum Gasteiger partial charge on any atom is 0.247 e. The van der Waals surface area contributed by atoms with Crippen LogP contribution < -0.4 is 10.9 Å². The van der Waals surface area contributed by atoms with E-state index in [-0.39, 0.29) is 25.7 Å². The summed E-state index contributed by atoms with van der Waals surface area (Å²) < 4.78 is 99.3. The van der Waals surface area contributed by atoms with Gasteiger partial charge >= 0.3 is 0 Å². The van der Waals surface area contributed by atoms with Crippen LogP contribution in [0.1, 0.15) is 72.6 Å². The van der Waals surface area contributed by atoms with Gasteiger partial charge in [0.15, 0.2) is 19.7 Å². The van der Waals surface area contributed by atoms with Gasteiger partial charge in [-0.25, -0.2) is 25.3 Å². The Morgan fingerprint density at radius 2 is 1.08 bits per heavy atom. The van der Waals surface area contributed by atoms with Crippen LogP contribution in [0.4, 0.5) is 0 Å². The third kappa shape index (κ3) is 7.38. The summed E-state index contributed by atoms with van der Waals surface area (Å²) in [6.45, 7) is 6.59. The first-order valence-corrected chi connectivity index (χ1v) is 18.3. The molecule has 0 heterocycles. The molecule has 0 saturated carbocycles. The number of rotatable bonds is 13. The second-order valence-electron chi connectivity index (χ2n) is 8.37. The molecule has 10 nitrogen and oxygen atoms in total. The van der Waals surface area contributed by atoms with E-state index >= 15 is 0 Å². The predicted octanol–water partition coefficient (Wildman–Crippen LogP) is 2.73. The highest BCUT2D eigenvalue weighted by atomic mass is 32.2. The Labute approximate surface area is 213 Å². The van der Waals surface area contributed by atoms with E-state index in [0.717, 1.165) is 0 Å². The van der Waals surface area contributed by atoms with Crippen molar-refractivity contribution in [2.45, 2.75) is 82.4 Å². The van der Waals surface area contributed by atoms with Crippen molar-refractivity contribution in [1.82, 2.24) is 0 Å². The van der Waals surface area contributed by atoms with Gasteiger partial charge in [-0.2, -0.15) is 0 Å². The molecule has 1 aromatic rings. The van der Waals surface area contributed by atoms with Crippen LogP contribution in [0.2, 0.25) is 0 Å². The summed E-state index contributed by atoms with van der Waals surface area (Å²) in [5.74, 6) is -1.97. The fourth-order valence-electron chi connectivity index (χ4n) is 3.35. The third-order valence-electron chi connectivity index (χ3n) is 5.30. The highest BCUT2D eigenvalue weighted by Gasteiger charge is 2.35. The van der Waals surface area contributed by atoms with Crippen molar-refractivity contribution < 1.29 is 34.4 Å². The van der Waals surface area contributed by atoms with Gasteiger partial charge in [-0.3, -0.25) is 9.59 Å². The molecule has 0 aliphatic heterocycles. The zero-order valence-electron chi connectivity index (χ0n) is 21.0. The summed E-state index contributed by atoms with van der Waals surface area (Å²) in [6.07, 6.45) is 2.61. The highest BCUT2D eigenvalue weighted by Crippen LogP contribution is 2.25. The fourth-order valence-corrected chi connectivity index (χ4v) is 12.0. The van der Waals surface area contributed by atoms with Crippen LogP contribution >= 0.6 is 0 Å². The molecule has 0 fully saturated rings. The Morgan fingerprint density at radius 1 is 0.639 bits per heavy atom. The lowest BCUT2D eigenvalue weighted by Gasteiger charge is -2.14. The summed E-state index contributed by atoms with van der Waals surface area (Å²) in [5, 5.41) is 0.673. The molecule has 2 N–H and O–H groups in total. The molecule has 0 radical (unpaired) electrons. The summed E-state index contributed by atoms with van der Waals surface area (Å²) in [4.78, 5) is 23.6. The zero-order chi connectivity index (χ0) is 27.9. The summed E-state index contributed by atoms with van der Waals surface area (Å²) in [5.41, 5.74) is -3.54. The highest BCUT2D eigenvalue weighted by molar-refractivity contribution is 7.96. The standard InChI is InChI=1S/C22H36O10S4/c1-5-9-13-33(25,26)19-17(23)18(24)20(34(27,28)14-10-6-2)22(36(31,32)16-12-8-4)21(19)35(29,30)15-11-7-3/h11,15H,5-10,12-14,16H2,1-4H3,(H,25,26)(H,29,30). The Kier molecular flexibility index (Phi) is 11.8. The average molecular weight is 589 g/mol. The molecule has 0 aliphatic carbocycles. The van der Waals surface area contributed by atoms with Gasteiger partial charge in [-0.1, -0.05) is 53.0 Å². The lowest BCUT2D eigenvalue weighted by molar-refractivity contribution is 0.549. The first kappa shape index (κ1) is 32.7. The third-order valence-corrected chi connectivity index (χ3v) is 12.8. The summed E-state index contributed by atoms with van der Waals surface area (Å²) >= 11 is 0. The molecular weight excluding hydrogens is 553 g/mol. The lowest BCUT2D eigenvalue weighted by atomic mass is 10.3. The maximum atomic E-state index is 13.5. The number of hydrogen-bond acceptors (Lipinski definition) is 8. The van der Waals surface area contributed by atoms with E-state index in [1.165, 1.54) is 6.08 Å². The van der Waals surface area contributed by atoms with Crippen molar-refractivity contribution in [2.24, 2.45) is 0 Å². The number of unbranched alkanes of at least 4 members (excludes halogenated alkanes) is 3. The van der Waals surface area contributed by atoms with E-state index in [4.69, 9.17) is 0 Å². The van der Waals surface area contributed by atoms with Gasteiger partial charge in [0.2, 0.25) is 10.9 Å². The molecule has 0 aromatic heterocycles. The first-order valence-electron chi connectivity index (χ1n) is 11.8. The van der Waals surface area contributed by atoms with Crippen LogP contribution in [0, 0.1) is 9.02 Å². The minimum absolute atomic E-state index is 0.0145. The van der Waals surface area contributed by atoms with Crippen molar-refractivity contribution in [3.63, 3.8) is 0 Å². The second kappa shape index (κ2) is 13.0. The van der Waals surface area contributed by atoms with Crippen LogP contribution in [0.25, 0.3) is 0 Å². The van der Waals surface area contributed by atoms with Crippen molar-refractivity contribution in [1.29, 1.82) is 0 Å². The van der Waals surface area contributed by atoms with Crippen molar-refractivity contribution in [3.8, 4) is 0 Å². The zero-order valence-corrected chi connectivity index (χ0v) is 24.3. The normalized spacial score (nSPS) is 16.2. The predicted molar refractivity (Wildman–Crippen MR) is 143 cm³/mol. The molecule has 0 bridgehead atoms. The van der Waals surface area contributed by atoms with E-state index in [1.807, 2.05) is 0 Å². The molecule has 1 aromatic carbocycles. The van der Waals surface area contributed by atoms with Crippen LogP contribution in [0.5, 0.6) is 0 Å². The van der Waals surface area contributed by atoms with Gasteiger partial charge in [-0.15, -0.1) is 0 Å². The summed E-state index contributed by atoms with van der Waals surface area (Å²) in [6, 6.07) is 0. The molecule has 0 aliphatic rings. The monoisotopic (exact) mass is 588 g/mol. The molecule has 0 amide bonds. The molecule has 2 atom stereocenters. The van der Waals surface area contributed by atoms with E-state index in [9.17, 15) is 43.9 Å². The molecule has 14 heteroatoms. The number of hydrogen-bond donors (Lipinski definition) is 2. The van der Waals surface area contributed by atoms with Crippen LogP contribution in [-0.4, -0.2) is 51.6 Å².